The highest BCUT2D eigenvalue weighted by molar-refractivity contribution is 4.70. The quantitative estimate of drug-likeness (QED) is 0.351. The molecule has 1 saturated carbocycles. The minimum atomic E-state index is 0.690. The molecule has 0 aromatic carbocycles. The molecule has 0 spiro atoms. The van der Waals surface area contributed by atoms with E-state index in [9.17, 15) is 0 Å². The molecule has 1 aliphatic rings. The Morgan fingerprint density at radius 2 is 2.00 bits per heavy atom. The van der Waals surface area contributed by atoms with Crippen molar-refractivity contribution in [2.75, 3.05) is 6.54 Å². The molecule has 12 heavy (non-hydrogen) atoms. The third kappa shape index (κ3) is 3.14. The van der Waals surface area contributed by atoms with Crippen LogP contribution >= 0.6 is 0 Å². The molecule has 68 valence electrons. The van der Waals surface area contributed by atoms with Gasteiger partial charge in [-0.3, -0.25) is 0 Å². The molecule has 3 heteroatoms. The predicted octanol–water partition coefficient (Wildman–Crippen LogP) is 3.51. The lowest BCUT2D eigenvalue weighted by atomic mass is 9.81. The van der Waals surface area contributed by atoms with Crippen LogP contribution in [-0.2, 0) is 0 Å². The van der Waals surface area contributed by atoms with Gasteiger partial charge in [-0.1, -0.05) is 37.7 Å². The Kier molecular flexibility index (Phi) is 3.95. The van der Waals surface area contributed by atoms with Crippen molar-refractivity contribution >= 4 is 0 Å². The zero-order valence-corrected chi connectivity index (χ0v) is 7.74. The Labute approximate surface area is 73.8 Å². The van der Waals surface area contributed by atoms with Gasteiger partial charge in [-0.2, -0.15) is 0 Å². The fourth-order valence-corrected chi connectivity index (χ4v) is 1.90. The van der Waals surface area contributed by atoms with Crippen molar-refractivity contribution < 1.29 is 0 Å². The normalized spacial score (nSPS) is 29.4. The third-order valence-corrected chi connectivity index (χ3v) is 2.84. The summed E-state index contributed by atoms with van der Waals surface area (Å²) in [5.41, 5.74) is 8.10. The van der Waals surface area contributed by atoms with Gasteiger partial charge in [0.1, 0.15) is 0 Å². The zero-order chi connectivity index (χ0) is 8.81. The van der Waals surface area contributed by atoms with Crippen LogP contribution in [0.25, 0.3) is 10.4 Å². The van der Waals surface area contributed by atoms with Crippen molar-refractivity contribution in [3.05, 3.63) is 10.4 Å². The summed E-state index contributed by atoms with van der Waals surface area (Å²) in [6.45, 7) is 3.01. The van der Waals surface area contributed by atoms with E-state index in [0.29, 0.717) is 6.54 Å². The van der Waals surface area contributed by atoms with Crippen LogP contribution in [0.3, 0.4) is 0 Å². The average Bonchev–Trinajstić information content (AvgIpc) is 2.09. The van der Waals surface area contributed by atoms with Gasteiger partial charge in [0.15, 0.2) is 0 Å². The van der Waals surface area contributed by atoms with Crippen molar-refractivity contribution in [2.45, 2.75) is 39.0 Å². The monoisotopic (exact) mass is 167 g/mol. The largest absolute Gasteiger partial charge is 0.0940 e. The highest BCUT2D eigenvalue weighted by Gasteiger charge is 2.16. The molecule has 0 radical (unpaired) electrons. The van der Waals surface area contributed by atoms with Crippen molar-refractivity contribution in [3.63, 3.8) is 0 Å². The molecule has 1 fully saturated rings. The van der Waals surface area contributed by atoms with E-state index in [2.05, 4.69) is 16.9 Å². The lowest BCUT2D eigenvalue weighted by molar-refractivity contribution is 0.280. The molecule has 0 bridgehead atoms. The van der Waals surface area contributed by atoms with Gasteiger partial charge in [-0.05, 0) is 23.8 Å². The molecule has 0 N–H and O–H groups in total. The molecule has 0 saturated heterocycles. The second kappa shape index (κ2) is 5.04. The molecule has 0 heterocycles. The van der Waals surface area contributed by atoms with Gasteiger partial charge >= 0.3 is 0 Å². The van der Waals surface area contributed by atoms with Crippen LogP contribution in [0.5, 0.6) is 0 Å². The molecule has 0 aromatic heterocycles. The van der Waals surface area contributed by atoms with Gasteiger partial charge in [0.05, 0.1) is 0 Å². The van der Waals surface area contributed by atoms with Crippen LogP contribution in [0.1, 0.15) is 39.0 Å². The molecule has 0 atom stereocenters. The first-order valence-corrected chi connectivity index (χ1v) is 4.83. The number of rotatable bonds is 3. The summed E-state index contributed by atoms with van der Waals surface area (Å²) >= 11 is 0. The molecular formula is C9H17N3. The Hall–Kier alpha value is -0.690. The van der Waals surface area contributed by atoms with Gasteiger partial charge < -0.3 is 0 Å². The Morgan fingerprint density at radius 1 is 1.33 bits per heavy atom. The number of azide groups is 1. The minimum absolute atomic E-state index is 0.690. The van der Waals surface area contributed by atoms with E-state index >= 15 is 0 Å². The smallest absolute Gasteiger partial charge is 0.0260 e. The van der Waals surface area contributed by atoms with Gasteiger partial charge in [0.25, 0.3) is 0 Å². The topological polar surface area (TPSA) is 48.8 Å². The SMILES string of the molecule is CC1CCC(CCN=[N+]=[N-])CC1. The van der Waals surface area contributed by atoms with E-state index in [1.807, 2.05) is 0 Å². The number of hydrogen-bond acceptors (Lipinski definition) is 1. The van der Waals surface area contributed by atoms with Crippen LogP contribution in [-0.4, -0.2) is 6.54 Å². The van der Waals surface area contributed by atoms with Crippen LogP contribution in [0.15, 0.2) is 5.11 Å². The van der Waals surface area contributed by atoms with Gasteiger partial charge in [-0.15, -0.1) is 0 Å². The molecule has 0 aromatic rings. The van der Waals surface area contributed by atoms with Crippen molar-refractivity contribution in [1.29, 1.82) is 0 Å². The molecule has 0 amide bonds. The standard InChI is InChI=1S/C9H17N3/c1-8-2-4-9(5-3-8)6-7-11-12-10/h8-9H,2-7H2,1H3. The summed E-state index contributed by atoms with van der Waals surface area (Å²) in [7, 11) is 0. The lowest BCUT2D eigenvalue weighted by Gasteiger charge is -2.25. The minimum Gasteiger partial charge on any atom is -0.0940 e. The highest BCUT2D eigenvalue weighted by Crippen LogP contribution is 2.30. The van der Waals surface area contributed by atoms with Gasteiger partial charge in [-0.25, -0.2) is 0 Å². The summed E-state index contributed by atoms with van der Waals surface area (Å²) in [6, 6.07) is 0. The number of hydrogen-bond donors (Lipinski definition) is 0. The second-order valence-corrected chi connectivity index (χ2v) is 3.87. The van der Waals surface area contributed by atoms with Crippen LogP contribution < -0.4 is 0 Å². The first-order valence-electron chi connectivity index (χ1n) is 4.83. The van der Waals surface area contributed by atoms with Crippen molar-refractivity contribution in [1.82, 2.24) is 0 Å². The van der Waals surface area contributed by atoms with Crippen LogP contribution in [0.4, 0.5) is 0 Å². The lowest BCUT2D eigenvalue weighted by Crippen LogP contribution is -2.12. The van der Waals surface area contributed by atoms with E-state index < -0.39 is 0 Å². The third-order valence-electron chi connectivity index (χ3n) is 2.84. The fraction of sp³-hybridized carbons (Fsp3) is 1.00. The summed E-state index contributed by atoms with van der Waals surface area (Å²) in [5, 5.41) is 3.57. The van der Waals surface area contributed by atoms with Crippen molar-refractivity contribution in [2.24, 2.45) is 17.0 Å². The van der Waals surface area contributed by atoms with Crippen LogP contribution in [0.2, 0.25) is 0 Å². The zero-order valence-electron chi connectivity index (χ0n) is 7.74. The highest BCUT2D eigenvalue weighted by atomic mass is 15.1. The fourth-order valence-electron chi connectivity index (χ4n) is 1.90. The first-order chi connectivity index (χ1) is 5.83. The van der Waals surface area contributed by atoms with Crippen LogP contribution in [0, 0.1) is 11.8 Å². The molecule has 1 rings (SSSR count). The van der Waals surface area contributed by atoms with Gasteiger partial charge in [0, 0.05) is 11.5 Å². The first kappa shape index (κ1) is 9.40. The number of nitrogens with zero attached hydrogens (tertiary/aromatic N) is 3. The van der Waals surface area contributed by atoms with E-state index in [1.54, 1.807) is 0 Å². The average molecular weight is 167 g/mol. The Bertz CT molecular complexity index is 165. The molecule has 3 nitrogen and oxygen atoms in total. The summed E-state index contributed by atoms with van der Waals surface area (Å²) < 4.78 is 0. The van der Waals surface area contributed by atoms with E-state index in [1.165, 1.54) is 25.7 Å². The Morgan fingerprint density at radius 3 is 2.58 bits per heavy atom. The molecule has 0 aliphatic heterocycles. The van der Waals surface area contributed by atoms with E-state index in [0.717, 1.165) is 18.3 Å². The predicted molar refractivity (Wildman–Crippen MR) is 49.8 cm³/mol. The van der Waals surface area contributed by atoms with E-state index in [-0.39, 0.29) is 0 Å². The second-order valence-electron chi connectivity index (χ2n) is 3.87. The van der Waals surface area contributed by atoms with Gasteiger partial charge in [0.2, 0.25) is 0 Å². The maximum atomic E-state index is 8.10. The molecular weight excluding hydrogens is 150 g/mol. The maximum Gasteiger partial charge on any atom is 0.0260 e. The summed E-state index contributed by atoms with van der Waals surface area (Å²) in [5.74, 6) is 1.74. The summed E-state index contributed by atoms with van der Waals surface area (Å²) in [6.07, 6.45) is 6.49. The van der Waals surface area contributed by atoms with Crippen molar-refractivity contribution in [3.8, 4) is 0 Å². The maximum absolute atomic E-state index is 8.10. The molecule has 1 aliphatic carbocycles. The Balaban J connectivity index is 2.13. The van der Waals surface area contributed by atoms with E-state index in [4.69, 9.17) is 5.53 Å². The summed E-state index contributed by atoms with van der Waals surface area (Å²) in [4.78, 5) is 2.76. The molecule has 0 unspecified atom stereocenters.